The number of halogens is 4. The third-order valence-corrected chi connectivity index (χ3v) is 7.06. The lowest BCUT2D eigenvalue weighted by Gasteiger charge is -2.32. The van der Waals surface area contributed by atoms with Crippen molar-refractivity contribution < 1.29 is 27.9 Å². The second-order valence-corrected chi connectivity index (χ2v) is 9.65. The van der Waals surface area contributed by atoms with Crippen LogP contribution in [0, 0.1) is 23.4 Å². The molecule has 1 atom stereocenters. The number of fused-ring (bicyclic) bond motifs is 1. The summed E-state index contributed by atoms with van der Waals surface area (Å²) in [6.45, 7) is 0. The van der Waals surface area contributed by atoms with Crippen molar-refractivity contribution in [1.82, 2.24) is 14.5 Å². The summed E-state index contributed by atoms with van der Waals surface area (Å²) in [6, 6.07) is 7.37. The number of carboxylic acid groups (broad SMARTS) is 1. The second kappa shape index (κ2) is 10.4. The van der Waals surface area contributed by atoms with E-state index in [1.54, 1.807) is 10.6 Å². The van der Waals surface area contributed by atoms with Crippen LogP contribution in [0.1, 0.15) is 48.5 Å². The largest absolute Gasteiger partial charge is 0.478 e. The standard InChI is InChI=1S/C27H22ClF3N4O3/c28-23-9-7-16(13-32-23)25-33-21-11-17(29)18(30)12-22(21)35(25)24(14-4-2-1-3-5-14)26(36)34-20-8-6-15(27(37)38)10-19(20)31/h6-14,24H,1-5H2,(H,34,36)(H,37,38). The van der Waals surface area contributed by atoms with Crippen LogP contribution in [0.3, 0.4) is 0 Å². The molecular formula is C27H22ClF3N4O3. The molecule has 0 radical (unpaired) electrons. The molecule has 2 aromatic carbocycles. The van der Waals surface area contributed by atoms with Crippen LogP contribution in [0.25, 0.3) is 22.4 Å². The molecule has 2 aromatic heterocycles. The van der Waals surface area contributed by atoms with E-state index in [0.717, 1.165) is 37.5 Å². The second-order valence-electron chi connectivity index (χ2n) is 9.26. The van der Waals surface area contributed by atoms with E-state index in [-0.39, 0.29) is 39.2 Å². The van der Waals surface area contributed by atoms with Crippen molar-refractivity contribution in [2.24, 2.45) is 5.92 Å². The highest BCUT2D eigenvalue weighted by atomic mass is 35.5. The van der Waals surface area contributed by atoms with Gasteiger partial charge < -0.3 is 15.0 Å². The number of aromatic nitrogens is 3. The molecule has 38 heavy (non-hydrogen) atoms. The summed E-state index contributed by atoms with van der Waals surface area (Å²) >= 11 is 5.96. The van der Waals surface area contributed by atoms with E-state index < -0.39 is 35.4 Å². The molecule has 4 aromatic rings. The number of rotatable bonds is 6. The Bertz CT molecular complexity index is 1540. The van der Waals surface area contributed by atoms with Crippen molar-refractivity contribution in [2.45, 2.75) is 38.1 Å². The third-order valence-electron chi connectivity index (χ3n) is 6.83. The average Bonchev–Trinajstić information content (AvgIpc) is 3.24. The summed E-state index contributed by atoms with van der Waals surface area (Å²) < 4.78 is 44.9. The van der Waals surface area contributed by atoms with Crippen molar-refractivity contribution in [1.29, 1.82) is 0 Å². The van der Waals surface area contributed by atoms with Gasteiger partial charge in [-0.3, -0.25) is 4.79 Å². The van der Waals surface area contributed by atoms with Crippen LogP contribution in [0.2, 0.25) is 5.15 Å². The number of hydrogen-bond acceptors (Lipinski definition) is 4. The minimum atomic E-state index is -1.30. The molecule has 2 N–H and O–H groups in total. The van der Waals surface area contributed by atoms with Gasteiger partial charge in [-0.15, -0.1) is 0 Å². The predicted octanol–water partition coefficient (Wildman–Crippen LogP) is 6.63. The van der Waals surface area contributed by atoms with Crippen molar-refractivity contribution in [3.8, 4) is 11.4 Å². The lowest BCUT2D eigenvalue weighted by Crippen LogP contribution is -2.34. The van der Waals surface area contributed by atoms with Crippen LogP contribution in [-0.2, 0) is 4.79 Å². The van der Waals surface area contributed by atoms with Crippen molar-refractivity contribution in [3.05, 3.63) is 76.8 Å². The van der Waals surface area contributed by atoms with Gasteiger partial charge in [0.25, 0.3) is 0 Å². The normalized spacial score (nSPS) is 14.9. The number of imidazole rings is 1. The molecule has 1 saturated carbocycles. The minimum absolute atomic E-state index is 0.138. The Morgan fingerprint density at radius 1 is 1.00 bits per heavy atom. The Hall–Kier alpha value is -3.92. The van der Waals surface area contributed by atoms with Gasteiger partial charge >= 0.3 is 5.97 Å². The molecule has 196 valence electrons. The molecule has 0 bridgehead atoms. The third kappa shape index (κ3) is 4.96. The van der Waals surface area contributed by atoms with Crippen LogP contribution in [-0.4, -0.2) is 31.5 Å². The van der Waals surface area contributed by atoms with Gasteiger partial charge in [-0.1, -0.05) is 30.9 Å². The molecule has 2 heterocycles. The quantitative estimate of drug-likeness (QED) is 0.267. The number of carboxylic acids is 1. The molecule has 1 fully saturated rings. The van der Waals surface area contributed by atoms with Crippen LogP contribution < -0.4 is 5.32 Å². The lowest BCUT2D eigenvalue weighted by molar-refractivity contribution is -0.121. The van der Waals surface area contributed by atoms with Gasteiger partial charge in [0.05, 0.1) is 22.3 Å². The van der Waals surface area contributed by atoms with E-state index in [4.69, 9.17) is 16.7 Å². The zero-order valence-corrected chi connectivity index (χ0v) is 20.7. The first-order valence-corrected chi connectivity index (χ1v) is 12.4. The Morgan fingerprint density at radius 3 is 2.39 bits per heavy atom. The molecule has 0 saturated heterocycles. The smallest absolute Gasteiger partial charge is 0.335 e. The zero-order chi connectivity index (χ0) is 27.0. The Labute approximate surface area is 220 Å². The number of carbonyl (C=O) groups is 2. The van der Waals surface area contributed by atoms with Gasteiger partial charge in [0, 0.05) is 23.9 Å². The number of hydrogen-bond donors (Lipinski definition) is 2. The molecule has 5 rings (SSSR count). The maximum atomic E-state index is 14.7. The van der Waals surface area contributed by atoms with Gasteiger partial charge in [-0.05, 0) is 49.1 Å². The lowest BCUT2D eigenvalue weighted by atomic mass is 9.83. The number of nitrogens with one attached hydrogen (secondary N) is 1. The van der Waals surface area contributed by atoms with E-state index in [0.29, 0.717) is 18.4 Å². The first-order valence-electron chi connectivity index (χ1n) is 12.1. The van der Waals surface area contributed by atoms with Crippen molar-refractivity contribution >= 4 is 40.2 Å². The first-order chi connectivity index (χ1) is 18.2. The molecule has 11 heteroatoms. The number of carbonyl (C=O) groups excluding carboxylic acids is 1. The highest BCUT2D eigenvalue weighted by molar-refractivity contribution is 6.29. The fourth-order valence-corrected chi connectivity index (χ4v) is 5.14. The highest BCUT2D eigenvalue weighted by Crippen LogP contribution is 2.39. The van der Waals surface area contributed by atoms with Crippen LogP contribution in [0.4, 0.5) is 18.9 Å². The number of benzene rings is 2. The summed E-state index contributed by atoms with van der Waals surface area (Å²) in [7, 11) is 0. The fraction of sp³-hybridized carbons (Fsp3) is 0.259. The summed E-state index contributed by atoms with van der Waals surface area (Å²) in [4.78, 5) is 33.7. The molecule has 1 aliphatic carbocycles. The van der Waals surface area contributed by atoms with E-state index in [1.165, 1.54) is 24.4 Å². The molecule has 0 spiro atoms. The van der Waals surface area contributed by atoms with E-state index >= 15 is 0 Å². The minimum Gasteiger partial charge on any atom is -0.478 e. The van der Waals surface area contributed by atoms with Gasteiger partial charge in [-0.2, -0.15) is 0 Å². The van der Waals surface area contributed by atoms with Crippen LogP contribution in [0.15, 0.2) is 48.7 Å². The number of aromatic carboxylic acids is 1. The molecule has 7 nitrogen and oxygen atoms in total. The Kier molecular flexibility index (Phi) is 7.07. The fourth-order valence-electron chi connectivity index (χ4n) is 5.03. The number of anilines is 1. The Morgan fingerprint density at radius 2 is 1.74 bits per heavy atom. The molecule has 0 aliphatic heterocycles. The van der Waals surface area contributed by atoms with E-state index in [2.05, 4.69) is 15.3 Å². The molecule has 1 amide bonds. The number of amides is 1. The maximum Gasteiger partial charge on any atom is 0.335 e. The van der Waals surface area contributed by atoms with E-state index in [9.17, 15) is 22.8 Å². The summed E-state index contributed by atoms with van der Waals surface area (Å²) in [6.07, 6.45) is 5.54. The average molecular weight is 543 g/mol. The maximum absolute atomic E-state index is 14.7. The van der Waals surface area contributed by atoms with Gasteiger partial charge in [0.2, 0.25) is 5.91 Å². The SMILES string of the molecule is O=C(O)c1ccc(NC(=O)C(C2CCCCC2)n2c(-c3ccc(Cl)nc3)nc3cc(F)c(F)cc32)c(F)c1. The first kappa shape index (κ1) is 25.7. The number of pyridine rings is 1. The topological polar surface area (TPSA) is 97.1 Å². The Balaban J connectivity index is 1.67. The monoisotopic (exact) mass is 542 g/mol. The van der Waals surface area contributed by atoms with Crippen molar-refractivity contribution in [2.75, 3.05) is 5.32 Å². The zero-order valence-electron chi connectivity index (χ0n) is 19.9. The summed E-state index contributed by atoms with van der Waals surface area (Å²) in [5.74, 6) is -4.95. The van der Waals surface area contributed by atoms with Gasteiger partial charge in [-0.25, -0.2) is 27.9 Å². The molecule has 1 aliphatic rings. The highest BCUT2D eigenvalue weighted by Gasteiger charge is 2.35. The van der Waals surface area contributed by atoms with Gasteiger partial charge in [0.15, 0.2) is 11.6 Å². The number of nitrogens with zero attached hydrogens (tertiary/aromatic N) is 3. The predicted molar refractivity (Wildman–Crippen MR) is 135 cm³/mol. The summed E-state index contributed by atoms with van der Waals surface area (Å²) in [5.41, 5.74) is 0.342. The van der Waals surface area contributed by atoms with Gasteiger partial charge in [0.1, 0.15) is 22.8 Å². The van der Waals surface area contributed by atoms with E-state index in [1.807, 2.05) is 0 Å². The molecular weight excluding hydrogens is 521 g/mol. The van der Waals surface area contributed by atoms with Crippen molar-refractivity contribution in [3.63, 3.8) is 0 Å². The molecule has 1 unspecified atom stereocenters. The van der Waals surface area contributed by atoms with Crippen LogP contribution in [0.5, 0.6) is 0 Å². The van der Waals surface area contributed by atoms with Crippen LogP contribution >= 0.6 is 11.6 Å². The summed E-state index contributed by atoms with van der Waals surface area (Å²) in [5, 5.41) is 11.9.